The third-order valence-corrected chi connectivity index (χ3v) is 3.62. The molecule has 1 fully saturated rings. The summed E-state index contributed by atoms with van der Waals surface area (Å²) in [5.41, 5.74) is 5.35. The van der Waals surface area contributed by atoms with Crippen molar-refractivity contribution in [3.05, 3.63) is 28.8 Å². The third-order valence-electron chi connectivity index (χ3n) is 3.29. The highest BCUT2D eigenvalue weighted by Gasteiger charge is 2.36. The number of rotatable bonds is 3. The van der Waals surface area contributed by atoms with Crippen LogP contribution >= 0.6 is 11.6 Å². The predicted molar refractivity (Wildman–Crippen MR) is 74.0 cm³/mol. The predicted octanol–water partition coefficient (Wildman–Crippen LogP) is 1.48. The van der Waals surface area contributed by atoms with Gasteiger partial charge in [-0.2, -0.15) is 0 Å². The molecule has 0 aromatic heterocycles. The summed E-state index contributed by atoms with van der Waals surface area (Å²) in [6.07, 6.45) is 0.858. The van der Waals surface area contributed by atoms with E-state index in [0.29, 0.717) is 31.7 Å². The van der Waals surface area contributed by atoms with E-state index in [2.05, 4.69) is 5.32 Å². The van der Waals surface area contributed by atoms with E-state index in [1.54, 1.807) is 0 Å². The highest BCUT2D eigenvalue weighted by molar-refractivity contribution is 6.33. The number of aromatic carboxylic acids is 1. The second-order valence-corrected chi connectivity index (χ2v) is 5.13. The van der Waals surface area contributed by atoms with Crippen LogP contribution in [-0.2, 0) is 9.53 Å². The highest BCUT2D eigenvalue weighted by Crippen LogP contribution is 2.23. The van der Waals surface area contributed by atoms with Gasteiger partial charge in [0.1, 0.15) is 5.54 Å². The zero-order chi connectivity index (χ0) is 14.8. The lowest BCUT2D eigenvalue weighted by molar-refractivity contribution is -0.124. The number of hydrogen-bond donors (Lipinski definition) is 3. The van der Waals surface area contributed by atoms with E-state index in [-0.39, 0.29) is 16.5 Å². The number of carboxylic acids is 1. The summed E-state index contributed by atoms with van der Waals surface area (Å²) in [6.45, 7) is 0.871. The van der Waals surface area contributed by atoms with Crippen LogP contribution in [0.1, 0.15) is 23.2 Å². The summed E-state index contributed by atoms with van der Waals surface area (Å²) in [5, 5.41) is 11.7. The van der Waals surface area contributed by atoms with Crippen molar-refractivity contribution in [2.45, 2.75) is 18.4 Å². The van der Waals surface area contributed by atoms with E-state index >= 15 is 0 Å². The second kappa shape index (κ2) is 5.78. The Morgan fingerprint density at radius 2 is 2.00 bits per heavy atom. The summed E-state index contributed by atoms with van der Waals surface area (Å²) in [6, 6.07) is 4.27. The average Bonchev–Trinajstić information content (AvgIpc) is 2.41. The Labute approximate surface area is 120 Å². The second-order valence-electron chi connectivity index (χ2n) is 4.72. The number of carboxylic acid groups (broad SMARTS) is 1. The smallest absolute Gasteiger partial charge is 0.337 e. The number of amides is 1. The first kappa shape index (κ1) is 14.8. The summed E-state index contributed by atoms with van der Waals surface area (Å²) < 4.78 is 5.18. The van der Waals surface area contributed by atoms with Crippen molar-refractivity contribution < 1.29 is 19.4 Å². The Morgan fingerprint density at radius 1 is 1.35 bits per heavy atom. The largest absolute Gasteiger partial charge is 0.478 e. The van der Waals surface area contributed by atoms with Crippen molar-refractivity contribution in [1.29, 1.82) is 0 Å². The number of ether oxygens (including phenoxy) is 1. The first-order valence-corrected chi connectivity index (χ1v) is 6.51. The van der Waals surface area contributed by atoms with E-state index in [0.717, 1.165) is 0 Å². The van der Waals surface area contributed by atoms with E-state index in [1.165, 1.54) is 18.2 Å². The molecule has 0 spiro atoms. The van der Waals surface area contributed by atoms with Gasteiger partial charge in [0, 0.05) is 18.9 Å². The number of anilines is 1. The number of carbonyl (C=O) groups excluding carboxylic acids is 1. The van der Waals surface area contributed by atoms with Crippen molar-refractivity contribution in [3.63, 3.8) is 0 Å². The number of nitrogens with one attached hydrogen (secondary N) is 1. The molecule has 7 heteroatoms. The van der Waals surface area contributed by atoms with Gasteiger partial charge in [-0.1, -0.05) is 11.6 Å². The van der Waals surface area contributed by atoms with Crippen LogP contribution in [0.3, 0.4) is 0 Å². The number of nitrogens with two attached hydrogens (primary N) is 1. The monoisotopic (exact) mass is 298 g/mol. The fourth-order valence-electron chi connectivity index (χ4n) is 1.99. The van der Waals surface area contributed by atoms with Crippen LogP contribution in [0.2, 0.25) is 5.02 Å². The van der Waals surface area contributed by atoms with Gasteiger partial charge in [0.05, 0.1) is 10.6 Å². The Hall–Kier alpha value is -1.63. The van der Waals surface area contributed by atoms with Crippen LogP contribution in [0, 0.1) is 0 Å². The Balaban J connectivity index is 2.15. The molecule has 1 amide bonds. The topological polar surface area (TPSA) is 102 Å². The van der Waals surface area contributed by atoms with Crippen LogP contribution in [0.25, 0.3) is 0 Å². The molecule has 4 N–H and O–H groups in total. The molecular formula is C13H15ClN2O4. The minimum absolute atomic E-state index is 0.0671. The van der Waals surface area contributed by atoms with E-state index in [1.807, 2.05) is 0 Å². The van der Waals surface area contributed by atoms with E-state index < -0.39 is 11.5 Å². The molecule has 0 bridgehead atoms. The van der Waals surface area contributed by atoms with Gasteiger partial charge in [0.2, 0.25) is 5.91 Å². The maximum absolute atomic E-state index is 12.2. The molecule has 1 aliphatic heterocycles. The van der Waals surface area contributed by atoms with Gasteiger partial charge in [-0.25, -0.2) is 4.79 Å². The molecule has 1 aromatic rings. The molecule has 0 radical (unpaired) electrons. The van der Waals surface area contributed by atoms with Crippen LogP contribution in [0.5, 0.6) is 0 Å². The van der Waals surface area contributed by atoms with Crippen LogP contribution < -0.4 is 11.1 Å². The van der Waals surface area contributed by atoms with Crippen LogP contribution in [-0.4, -0.2) is 35.7 Å². The first-order valence-electron chi connectivity index (χ1n) is 6.13. The summed E-state index contributed by atoms with van der Waals surface area (Å²) in [5.74, 6) is -1.50. The lowest BCUT2D eigenvalue weighted by atomic mass is 9.90. The molecule has 0 unspecified atom stereocenters. The fraction of sp³-hybridized carbons (Fsp3) is 0.385. The average molecular weight is 299 g/mol. The van der Waals surface area contributed by atoms with Crippen molar-refractivity contribution in [2.75, 3.05) is 18.5 Å². The molecule has 6 nitrogen and oxygen atoms in total. The minimum Gasteiger partial charge on any atom is -0.478 e. The Morgan fingerprint density at radius 3 is 2.60 bits per heavy atom. The van der Waals surface area contributed by atoms with Crippen molar-refractivity contribution in [1.82, 2.24) is 0 Å². The van der Waals surface area contributed by atoms with Crippen molar-refractivity contribution in [2.24, 2.45) is 5.73 Å². The van der Waals surface area contributed by atoms with E-state index in [4.69, 9.17) is 27.2 Å². The third kappa shape index (κ3) is 3.09. The Kier molecular flexibility index (Phi) is 4.27. The molecule has 1 saturated heterocycles. The minimum atomic E-state index is -1.15. The fourth-order valence-corrected chi connectivity index (χ4v) is 2.18. The maximum atomic E-state index is 12.2. The first-order chi connectivity index (χ1) is 9.42. The Bertz CT molecular complexity index is 541. The van der Waals surface area contributed by atoms with Crippen molar-refractivity contribution in [3.8, 4) is 0 Å². The number of carbonyl (C=O) groups is 2. The quantitative estimate of drug-likeness (QED) is 0.784. The molecule has 1 aromatic carbocycles. The van der Waals surface area contributed by atoms with Crippen molar-refractivity contribution >= 4 is 29.2 Å². The van der Waals surface area contributed by atoms with E-state index in [9.17, 15) is 9.59 Å². The molecule has 0 saturated carbocycles. The zero-order valence-electron chi connectivity index (χ0n) is 10.7. The van der Waals surface area contributed by atoms with Gasteiger partial charge >= 0.3 is 5.97 Å². The summed E-state index contributed by atoms with van der Waals surface area (Å²) in [4.78, 5) is 23.2. The van der Waals surface area contributed by atoms with Gasteiger partial charge in [-0.15, -0.1) is 0 Å². The molecule has 0 atom stereocenters. The van der Waals surface area contributed by atoms with Gasteiger partial charge in [-0.05, 0) is 31.0 Å². The highest BCUT2D eigenvalue weighted by atomic mass is 35.5. The lowest BCUT2D eigenvalue weighted by Gasteiger charge is -2.31. The van der Waals surface area contributed by atoms with Crippen LogP contribution in [0.15, 0.2) is 18.2 Å². The SMILES string of the molecule is NC1(C(=O)Nc2ccc(Cl)c(C(=O)O)c2)CCOCC1. The molecule has 108 valence electrons. The number of halogens is 1. The zero-order valence-corrected chi connectivity index (χ0v) is 11.4. The normalized spacial score (nSPS) is 17.5. The van der Waals surface area contributed by atoms with Gasteiger partial charge in [-0.3, -0.25) is 4.79 Å². The summed E-state index contributed by atoms with van der Waals surface area (Å²) in [7, 11) is 0. The van der Waals surface area contributed by atoms with Gasteiger partial charge in [0.15, 0.2) is 0 Å². The van der Waals surface area contributed by atoms with Crippen LogP contribution in [0.4, 0.5) is 5.69 Å². The molecule has 1 heterocycles. The molecule has 0 aliphatic carbocycles. The summed E-state index contributed by atoms with van der Waals surface area (Å²) >= 11 is 5.77. The molecular weight excluding hydrogens is 284 g/mol. The van der Waals surface area contributed by atoms with Gasteiger partial charge in [0.25, 0.3) is 0 Å². The number of benzene rings is 1. The lowest BCUT2D eigenvalue weighted by Crippen LogP contribution is -2.54. The molecule has 2 rings (SSSR count). The number of hydrogen-bond acceptors (Lipinski definition) is 4. The van der Waals surface area contributed by atoms with Gasteiger partial charge < -0.3 is 20.9 Å². The maximum Gasteiger partial charge on any atom is 0.337 e. The standard InChI is InChI=1S/C13H15ClN2O4/c14-10-2-1-8(7-9(10)11(17)18)16-12(19)13(15)3-5-20-6-4-13/h1-2,7H,3-6,15H2,(H,16,19)(H,17,18). The molecule has 1 aliphatic rings. The molecule has 20 heavy (non-hydrogen) atoms.